The molecule has 1 amide bonds. The van der Waals surface area contributed by atoms with Crippen molar-refractivity contribution in [2.75, 3.05) is 53.1 Å². The van der Waals surface area contributed by atoms with Gasteiger partial charge in [-0.1, -0.05) is 12.1 Å². The molecule has 1 spiro atoms. The van der Waals surface area contributed by atoms with Crippen molar-refractivity contribution in [3.63, 3.8) is 0 Å². The van der Waals surface area contributed by atoms with Gasteiger partial charge in [0.2, 0.25) is 5.91 Å². The second-order valence-electron chi connectivity index (χ2n) is 6.56. The monoisotopic (exact) mass is 334 g/mol. The largest absolute Gasteiger partial charge is 0.494 e. The molecule has 1 unspecified atom stereocenters. The lowest BCUT2D eigenvalue weighted by atomic mass is 10.0. The molecular weight excluding hydrogens is 308 g/mol. The predicted octanol–water partition coefficient (Wildman–Crippen LogP) is 1.14. The Bertz CT molecular complexity index is 563. The zero-order valence-corrected chi connectivity index (χ0v) is 14.5. The molecule has 1 aromatic rings. The minimum Gasteiger partial charge on any atom is -0.494 e. The maximum Gasteiger partial charge on any atom is 0.248 e. The molecule has 2 aliphatic rings. The van der Waals surface area contributed by atoms with Gasteiger partial charge >= 0.3 is 0 Å². The zero-order chi connectivity index (χ0) is 17.0. The van der Waals surface area contributed by atoms with Crippen LogP contribution in [0.2, 0.25) is 0 Å². The van der Waals surface area contributed by atoms with Crippen LogP contribution >= 0.6 is 0 Å². The van der Waals surface area contributed by atoms with Gasteiger partial charge in [-0.15, -0.1) is 0 Å². The molecule has 2 saturated heterocycles. The fraction of sp³-hybridized carbons (Fsp3) is 0.611. The van der Waals surface area contributed by atoms with Crippen molar-refractivity contribution in [3.05, 3.63) is 29.8 Å². The second kappa shape index (κ2) is 7.51. The SMILES string of the molecule is CCOc1ccc(CN2CCOC3(COCC(=O)N(C)C3)C2)cc1. The first-order chi connectivity index (χ1) is 11.6. The predicted molar refractivity (Wildman–Crippen MR) is 90.0 cm³/mol. The number of amides is 1. The van der Waals surface area contributed by atoms with Crippen LogP contribution < -0.4 is 4.74 Å². The number of hydrogen-bond acceptors (Lipinski definition) is 5. The van der Waals surface area contributed by atoms with E-state index >= 15 is 0 Å². The highest BCUT2D eigenvalue weighted by molar-refractivity contribution is 5.77. The van der Waals surface area contributed by atoms with E-state index in [0.29, 0.717) is 26.4 Å². The molecule has 3 rings (SSSR count). The molecule has 2 fully saturated rings. The summed E-state index contributed by atoms with van der Waals surface area (Å²) >= 11 is 0. The molecule has 1 aromatic carbocycles. The van der Waals surface area contributed by atoms with Crippen molar-refractivity contribution >= 4 is 5.91 Å². The Morgan fingerprint density at radius 3 is 2.79 bits per heavy atom. The van der Waals surface area contributed by atoms with Crippen LogP contribution in [0.15, 0.2) is 24.3 Å². The minimum absolute atomic E-state index is 0.0131. The van der Waals surface area contributed by atoms with Gasteiger partial charge in [-0.05, 0) is 24.6 Å². The average molecular weight is 334 g/mol. The number of benzene rings is 1. The van der Waals surface area contributed by atoms with Gasteiger partial charge in [0.1, 0.15) is 18.0 Å². The number of likely N-dealkylation sites (N-methyl/N-ethyl adjacent to an activating group) is 1. The van der Waals surface area contributed by atoms with E-state index in [9.17, 15) is 4.79 Å². The number of hydrogen-bond donors (Lipinski definition) is 0. The Kier molecular flexibility index (Phi) is 5.38. The first kappa shape index (κ1) is 17.2. The van der Waals surface area contributed by atoms with Crippen molar-refractivity contribution in [3.8, 4) is 5.75 Å². The highest BCUT2D eigenvalue weighted by Gasteiger charge is 2.41. The average Bonchev–Trinajstić information content (AvgIpc) is 2.69. The van der Waals surface area contributed by atoms with E-state index < -0.39 is 5.60 Å². The first-order valence-electron chi connectivity index (χ1n) is 8.50. The molecule has 2 heterocycles. The van der Waals surface area contributed by atoms with Gasteiger partial charge in [0.05, 0.1) is 26.4 Å². The van der Waals surface area contributed by atoms with Crippen LogP contribution in [0.25, 0.3) is 0 Å². The maximum absolute atomic E-state index is 11.8. The number of ether oxygens (including phenoxy) is 3. The fourth-order valence-corrected chi connectivity index (χ4v) is 3.36. The van der Waals surface area contributed by atoms with E-state index in [-0.39, 0.29) is 12.5 Å². The van der Waals surface area contributed by atoms with Crippen LogP contribution in [0, 0.1) is 0 Å². The van der Waals surface area contributed by atoms with E-state index in [1.807, 2.05) is 26.1 Å². The summed E-state index contributed by atoms with van der Waals surface area (Å²) in [6.07, 6.45) is 0. The van der Waals surface area contributed by atoms with E-state index in [0.717, 1.165) is 25.4 Å². The molecular formula is C18H26N2O4. The summed E-state index contributed by atoms with van der Waals surface area (Å²) in [6.45, 7) is 6.99. The van der Waals surface area contributed by atoms with Crippen molar-refractivity contribution in [1.29, 1.82) is 0 Å². The molecule has 6 heteroatoms. The molecule has 0 radical (unpaired) electrons. The van der Waals surface area contributed by atoms with Gasteiger partial charge in [0, 0.05) is 26.7 Å². The van der Waals surface area contributed by atoms with Crippen LogP contribution in [-0.4, -0.2) is 74.4 Å². The lowest BCUT2D eigenvalue weighted by Gasteiger charge is -2.42. The van der Waals surface area contributed by atoms with E-state index in [2.05, 4.69) is 17.0 Å². The third-order valence-corrected chi connectivity index (χ3v) is 4.51. The van der Waals surface area contributed by atoms with E-state index in [4.69, 9.17) is 14.2 Å². The summed E-state index contributed by atoms with van der Waals surface area (Å²) < 4.78 is 17.1. The lowest BCUT2D eigenvalue weighted by Crippen LogP contribution is -2.58. The molecule has 1 atom stereocenters. The maximum atomic E-state index is 11.8. The third kappa shape index (κ3) is 4.06. The molecule has 0 bridgehead atoms. The van der Waals surface area contributed by atoms with Crippen molar-refractivity contribution in [2.24, 2.45) is 0 Å². The molecule has 6 nitrogen and oxygen atoms in total. The van der Waals surface area contributed by atoms with Crippen molar-refractivity contribution < 1.29 is 19.0 Å². The Morgan fingerprint density at radius 2 is 2.04 bits per heavy atom. The molecule has 0 aliphatic carbocycles. The minimum atomic E-state index is -0.426. The van der Waals surface area contributed by atoms with Gasteiger partial charge in [-0.25, -0.2) is 0 Å². The number of nitrogens with zero attached hydrogens (tertiary/aromatic N) is 2. The van der Waals surface area contributed by atoms with Crippen LogP contribution in [0.4, 0.5) is 0 Å². The molecule has 24 heavy (non-hydrogen) atoms. The van der Waals surface area contributed by atoms with Crippen LogP contribution in [0.5, 0.6) is 5.75 Å². The summed E-state index contributed by atoms with van der Waals surface area (Å²) in [5, 5.41) is 0. The van der Waals surface area contributed by atoms with Gasteiger partial charge in [0.25, 0.3) is 0 Å². The van der Waals surface area contributed by atoms with Crippen LogP contribution in [-0.2, 0) is 20.8 Å². The summed E-state index contributed by atoms with van der Waals surface area (Å²) in [5.41, 5.74) is 0.819. The summed E-state index contributed by atoms with van der Waals surface area (Å²) in [7, 11) is 1.81. The van der Waals surface area contributed by atoms with Gasteiger partial charge < -0.3 is 19.1 Å². The molecule has 0 saturated carbocycles. The highest BCUT2D eigenvalue weighted by atomic mass is 16.5. The van der Waals surface area contributed by atoms with E-state index in [1.54, 1.807) is 4.90 Å². The molecule has 132 valence electrons. The Labute approximate surface area is 143 Å². The highest BCUT2D eigenvalue weighted by Crippen LogP contribution is 2.24. The van der Waals surface area contributed by atoms with E-state index in [1.165, 1.54) is 5.56 Å². The smallest absolute Gasteiger partial charge is 0.248 e. The lowest BCUT2D eigenvalue weighted by molar-refractivity contribution is -0.143. The first-order valence-corrected chi connectivity index (χ1v) is 8.50. The molecule has 0 aromatic heterocycles. The Morgan fingerprint density at radius 1 is 1.25 bits per heavy atom. The zero-order valence-electron chi connectivity index (χ0n) is 14.5. The quantitative estimate of drug-likeness (QED) is 0.827. The summed E-state index contributed by atoms with van der Waals surface area (Å²) in [4.78, 5) is 15.9. The van der Waals surface area contributed by atoms with Crippen LogP contribution in [0.3, 0.4) is 0 Å². The van der Waals surface area contributed by atoms with Gasteiger partial charge in [-0.2, -0.15) is 0 Å². The Balaban J connectivity index is 1.63. The van der Waals surface area contributed by atoms with Crippen molar-refractivity contribution in [2.45, 2.75) is 19.1 Å². The fourth-order valence-electron chi connectivity index (χ4n) is 3.36. The molecule has 2 aliphatic heterocycles. The summed E-state index contributed by atoms with van der Waals surface area (Å²) in [5.74, 6) is 0.913. The normalized spacial score (nSPS) is 25.8. The topological polar surface area (TPSA) is 51.2 Å². The van der Waals surface area contributed by atoms with Gasteiger partial charge in [-0.3, -0.25) is 9.69 Å². The van der Waals surface area contributed by atoms with Crippen LogP contribution in [0.1, 0.15) is 12.5 Å². The Hall–Kier alpha value is -1.63. The number of rotatable bonds is 4. The number of carbonyl (C=O) groups excluding carboxylic acids is 1. The second-order valence-corrected chi connectivity index (χ2v) is 6.56. The van der Waals surface area contributed by atoms with Crippen molar-refractivity contribution in [1.82, 2.24) is 9.80 Å². The third-order valence-electron chi connectivity index (χ3n) is 4.51. The molecule has 0 N–H and O–H groups in total. The standard InChI is InChI=1S/C18H26N2O4/c1-3-23-16-6-4-15(5-7-16)10-20-8-9-24-18(13-20)12-19(2)17(21)11-22-14-18/h4-7H,3,8-14H2,1-2H3. The summed E-state index contributed by atoms with van der Waals surface area (Å²) in [6, 6.07) is 8.23. The number of carbonyl (C=O) groups is 1. The number of morpholine rings is 1. The van der Waals surface area contributed by atoms with Gasteiger partial charge in [0.15, 0.2) is 0 Å².